The number of carbonyl (C=O) groups excluding carboxylic acids is 1. The van der Waals surface area contributed by atoms with E-state index in [-0.39, 0.29) is 5.97 Å². The number of esters is 1. The maximum atomic E-state index is 11.3. The van der Waals surface area contributed by atoms with Crippen molar-refractivity contribution in [3.63, 3.8) is 0 Å². The van der Waals surface area contributed by atoms with Gasteiger partial charge in [0.15, 0.2) is 6.10 Å². The van der Waals surface area contributed by atoms with Crippen LogP contribution in [0.25, 0.3) is 0 Å². The van der Waals surface area contributed by atoms with E-state index in [4.69, 9.17) is 4.74 Å². The first-order chi connectivity index (χ1) is 9.19. The minimum absolute atomic E-state index is 0.357. The van der Waals surface area contributed by atoms with Crippen molar-refractivity contribution in [3.05, 3.63) is 67.2 Å². The van der Waals surface area contributed by atoms with Gasteiger partial charge in [-0.15, -0.1) is 0 Å². The van der Waals surface area contributed by atoms with Gasteiger partial charge >= 0.3 is 5.97 Å². The molecule has 4 heteroatoms. The predicted octanol–water partition coefficient (Wildman–Crippen LogP) is 2.07. The number of hydrogen-bond donors (Lipinski definition) is 1. The fourth-order valence-corrected chi connectivity index (χ4v) is 2.09. The van der Waals surface area contributed by atoms with E-state index in [1.54, 1.807) is 18.5 Å². The van der Waals surface area contributed by atoms with E-state index in [2.05, 4.69) is 16.9 Å². The summed E-state index contributed by atoms with van der Waals surface area (Å²) in [5.74, 6) is -0.357. The van der Waals surface area contributed by atoms with Gasteiger partial charge in [0.25, 0.3) is 0 Å². The summed E-state index contributed by atoms with van der Waals surface area (Å²) in [7, 11) is 0. The fourth-order valence-electron chi connectivity index (χ4n) is 2.09. The van der Waals surface area contributed by atoms with Crippen molar-refractivity contribution >= 4 is 5.97 Å². The first-order valence-electron chi connectivity index (χ1n) is 6.02. The molecule has 1 aromatic rings. The van der Waals surface area contributed by atoms with Crippen molar-refractivity contribution in [2.24, 2.45) is 0 Å². The van der Waals surface area contributed by atoms with Crippen molar-refractivity contribution in [1.82, 2.24) is 10.3 Å². The zero-order valence-corrected chi connectivity index (χ0v) is 10.7. The van der Waals surface area contributed by atoms with Crippen LogP contribution in [0, 0.1) is 0 Å². The van der Waals surface area contributed by atoms with Crippen LogP contribution in [0.15, 0.2) is 61.5 Å². The van der Waals surface area contributed by atoms with Crippen molar-refractivity contribution in [3.8, 4) is 0 Å². The van der Waals surface area contributed by atoms with E-state index < -0.39 is 11.6 Å². The standard InChI is InChI=1S/C15H16N2O2/c1-3-14(19-12(2)18)15(9-5-7-11-17-15)13-8-4-6-10-16-13/h3-11,14,17H,1H2,2H3/t14?,15-/m1/s1. The second kappa shape index (κ2) is 5.52. The number of nitrogens with one attached hydrogen (secondary N) is 1. The van der Waals surface area contributed by atoms with Gasteiger partial charge in [-0.25, -0.2) is 0 Å². The van der Waals surface area contributed by atoms with Gasteiger partial charge < -0.3 is 10.1 Å². The summed E-state index contributed by atoms with van der Waals surface area (Å²) in [6, 6.07) is 5.62. The maximum Gasteiger partial charge on any atom is 0.303 e. The molecule has 0 bridgehead atoms. The third-order valence-electron chi connectivity index (χ3n) is 2.93. The summed E-state index contributed by atoms with van der Waals surface area (Å²) in [5, 5.41) is 3.23. The van der Waals surface area contributed by atoms with E-state index in [9.17, 15) is 4.79 Å². The van der Waals surface area contributed by atoms with Crippen molar-refractivity contribution < 1.29 is 9.53 Å². The smallest absolute Gasteiger partial charge is 0.303 e. The van der Waals surface area contributed by atoms with Crippen LogP contribution in [0.2, 0.25) is 0 Å². The van der Waals surface area contributed by atoms with E-state index in [0.717, 1.165) is 5.69 Å². The van der Waals surface area contributed by atoms with Crippen molar-refractivity contribution in [2.75, 3.05) is 0 Å². The zero-order chi connectivity index (χ0) is 13.7. The van der Waals surface area contributed by atoms with E-state index in [1.807, 2.05) is 36.4 Å². The van der Waals surface area contributed by atoms with Crippen LogP contribution in [0.1, 0.15) is 12.6 Å². The molecule has 2 rings (SSSR count). The molecule has 0 saturated heterocycles. The molecule has 0 spiro atoms. The Morgan fingerprint density at radius 3 is 2.89 bits per heavy atom. The lowest BCUT2D eigenvalue weighted by Gasteiger charge is -2.37. The molecule has 0 aromatic carbocycles. The molecule has 1 N–H and O–H groups in total. The van der Waals surface area contributed by atoms with Crippen LogP contribution in [0.4, 0.5) is 0 Å². The summed E-state index contributed by atoms with van der Waals surface area (Å²) in [6.07, 6.45) is 10.3. The van der Waals surface area contributed by atoms with Gasteiger partial charge in [0, 0.05) is 13.1 Å². The molecular weight excluding hydrogens is 240 g/mol. The van der Waals surface area contributed by atoms with Crippen LogP contribution >= 0.6 is 0 Å². The Kier molecular flexibility index (Phi) is 3.80. The first kappa shape index (κ1) is 13.1. The Labute approximate surface area is 112 Å². The lowest BCUT2D eigenvalue weighted by molar-refractivity contribution is -0.146. The number of pyridine rings is 1. The van der Waals surface area contributed by atoms with E-state index in [0.29, 0.717) is 0 Å². The third-order valence-corrected chi connectivity index (χ3v) is 2.93. The fraction of sp³-hybridized carbons (Fsp3) is 0.200. The van der Waals surface area contributed by atoms with E-state index in [1.165, 1.54) is 6.92 Å². The molecule has 0 aliphatic carbocycles. The Morgan fingerprint density at radius 1 is 1.53 bits per heavy atom. The van der Waals surface area contributed by atoms with E-state index >= 15 is 0 Å². The van der Waals surface area contributed by atoms with Gasteiger partial charge in [-0.05, 0) is 36.6 Å². The maximum absolute atomic E-state index is 11.3. The van der Waals surface area contributed by atoms with Gasteiger partial charge in [-0.1, -0.05) is 18.7 Å². The number of ether oxygens (including phenoxy) is 1. The molecule has 0 amide bonds. The predicted molar refractivity (Wildman–Crippen MR) is 73.1 cm³/mol. The van der Waals surface area contributed by atoms with Crippen LogP contribution in [-0.2, 0) is 15.1 Å². The highest BCUT2D eigenvalue weighted by atomic mass is 16.5. The Hall–Kier alpha value is -2.36. The number of rotatable bonds is 4. The summed E-state index contributed by atoms with van der Waals surface area (Å²) >= 11 is 0. The summed E-state index contributed by atoms with van der Waals surface area (Å²) in [6.45, 7) is 5.14. The van der Waals surface area contributed by atoms with Crippen LogP contribution in [0.5, 0.6) is 0 Å². The number of carbonyl (C=O) groups is 1. The van der Waals surface area contributed by atoms with Crippen LogP contribution < -0.4 is 5.32 Å². The first-order valence-corrected chi connectivity index (χ1v) is 6.02. The molecule has 0 saturated carbocycles. The Bertz CT molecular complexity index is 522. The van der Waals surface area contributed by atoms with Crippen LogP contribution in [-0.4, -0.2) is 17.1 Å². The number of nitrogens with zero attached hydrogens (tertiary/aromatic N) is 1. The van der Waals surface area contributed by atoms with Gasteiger partial charge in [0.05, 0.1) is 5.69 Å². The van der Waals surface area contributed by atoms with Gasteiger partial charge in [-0.3, -0.25) is 9.78 Å². The van der Waals surface area contributed by atoms with Gasteiger partial charge in [-0.2, -0.15) is 0 Å². The highest BCUT2D eigenvalue weighted by Crippen LogP contribution is 2.30. The minimum Gasteiger partial charge on any atom is -0.455 e. The lowest BCUT2D eigenvalue weighted by Crippen LogP contribution is -2.50. The SMILES string of the molecule is C=CC(OC(C)=O)[C@]1(c2ccccn2)C=CC=CN1. The highest BCUT2D eigenvalue weighted by Gasteiger charge is 2.40. The third kappa shape index (κ3) is 2.57. The molecule has 2 atom stereocenters. The molecule has 0 fully saturated rings. The monoisotopic (exact) mass is 256 g/mol. The van der Waals surface area contributed by atoms with Crippen LogP contribution in [0.3, 0.4) is 0 Å². The summed E-state index contributed by atoms with van der Waals surface area (Å²) in [4.78, 5) is 15.6. The molecule has 2 heterocycles. The normalized spacial score (nSPS) is 22.4. The molecule has 19 heavy (non-hydrogen) atoms. The molecule has 1 aromatic heterocycles. The number of aromatic nitrogens is 1. The largest absolute Gasteiger partial charge is 0.455 e. The topological polar surface area (TPSA) is 51.2 Å². The summed E-state index contributed by atoms with van der Waals surface area (Å²) in [5.41, 5.74) is 0.0467. The van der Waals surface area contributed by atoms with Crippen molar-refractivity contribution in [2.45, 2.75) is 18.6 Å². The number of hydrogen-bond acceptors (Lipinski definition) is 4. The average molecular weight is 256 g/mol. The quantitative estimate of drug-likeness (QED) is 0.662. The molecule has 0 radical (unpaired) electrons. The molecule has 98 valence electrons. The van der Waals surface area contributed by atoms with Gasteiger partial charge in [0.1, 0.15) is 5.54 Å². The highest BCUT2D eigenvalue weighted by molar-refractivity contribution is 5.66. The lowest BCUT2D eigenvalue weighted by atomic mass is 9.86. The minimum atomic E-state index is -0.719. The Morgan fingerprint density at radius 2 is 2.37 bits per heavy atom. The van der Waals surface area contributed by atoms with Gasteiger partial charge in [0.2, 0.25) is 0 Å². The Balaban J connectivity index is 2.46. The summed E-state index contributed by atoms with van der Waals surface area (Å²) < 4.78 is 5.35. The molecule has 4 nitrogen and oxygen atoms in total. The molecule has 1 aliphatic rings. The number of allylic oxidation sites excluding steroid dienone is 2. The second-order valence-electron chi connectivity index (χ2n) is 4.21. The molecule has 1 unspecified atom stereocenters. The second-order valence-corrected chi connectivity index (χ2v) is 4.21. The molecule has 1 aliphatic heterocycles. The zero-order valence-electron chi connectivity index (χ0n) is 10.7. The average Bonchev–Trinajstić information content (AvgIpc) is 2.46. The van der Waals surface area contributed by atoms with Crippen molar-refractivity contribution in [1.29, 1.82) is 0 Å². The molecular formula is C15H16N2O2. The number of dihydropyridines is 1.